The Bertz CT molecular complexity index is 672. The van der Waals surface area contributed by atoms with Crippen LogP contribution in [0.2, 0.25) is 0 Å². The summed E-state index contributed by atoms with van der Waals surface area (Å²) in [4.78, 5) is 4.24. The first-order valence-corrected chi connectivity index (χ1v) is 8.53. The van der Waals surface area contributed by atoms with Crippen LogP contribution in [0.25, 0.3) is 0 Å². The molecule has 4 heteroatoms. The fourth-order valence-electron chi connectivity index (χ4n) is 3.29. The van der Waals surface area contributed by atoms with E-state index in [1.165, 1.54) is 5.56 Å². The van der Waals surface area contributed by atoms with Gasteiger partial charge in [0.05, 0.1) is 17.4 Å². The van der Waals surface area contributed by atoms with E-state index in [0.717, 1.165) is 18.7 Å². The Morgan fingerprint density at radius 2 is 1.75 bits per heavy atom. The highest BCUT2D eigenvalue weighted by Gasteiger charge is 2.35. The zero-order valence-electron chi connectivity index (χ0n) is 14.5. The molecule has 0 bridgehead atoms. The van der Waals surface area contributed by atoms with Crippen LogP contribution in [0.5, 0.6) is 0 Å². The Balaban J connectivity index is 2.03. The first-order valence-electron chi connectivity index (χ1n) is 8.53. The predicted octanol–water partition coefficient (Wildman–Crippen LogP) is 4.33. The topological polar surface area (TPSA) is 18.5 Å². The van der Waals surface area contributed by atoms with Gasteiger partial charge in [-0.3, -0.25) is 0 Å². The molecule has 0 aliphatic carbocycles. The van der Waals surface area contributed by atoms with Crippen molar-refractivity contribution in [1.82, 2.24) is 5.32 Å². The molecule has 1 aliphatic heterocycles. The molecule has 0 saturated carbocycles. The zero-order chi connectivity index (χ0) is 17.1. The number of halogens is 1. The van der Waals surface area contributed by atoms with Crippen LogP contribution in [-0.2, 0) is 0 Å². The fraction of sp³-hybridized carbons (Fsp3) is 0.350. The van der Waals surface area contributed by atoms with Crippen molar-refractivity contribution in [1.29, 1.82) is 0 Å². The number of para-hydroxylation sites is 1. The number of benzene rings is 2. The van der Waals surface area contributed by atoms with Crippen LogP contribution in [0.4, 0.5) is 15.8 Å². The van der Waals surface area contributed by atoms with Crippen LogP contribution in [0.15, 0.2) is 48.5 Å². The summed E-state index contributed by atoms with van der Waals surface area (Å²) in [5.74, 6) is -0.169. The molecule has 2 aromatic rings. The van der Waals surface area contributed by atoms with Gasteiger partial charge in [-0.15, -0.1) is 0 Å². The molecule has 3 rings (SSSR count). The largest absolute Gasteiger partial charge is 0.344 e. The van der Waals surface area contributed by atoms with Gasteiger partial charge in [-0.2, -0.15) is 0 Å². The lowest BCUT2D eigenvalue weighted by Gasteiger charge is -2.31. The molecule has 0 aromatic heterocycles. The van der Waals surface area contributed by atoms with Gasteiger partial charge in [0.1, 0.15) is 12.5 Å². The van der Waals surface area contributed by atoms with Gasteiger partial charge in [0.15, 0.2) is 0 Å². The number of anilines is 2. The molecule has 1 radical (unpaired) electrons. The van der Waals surface area contributed by atoms with Crippen molar-refractivity contribution in [2.45, 2.75) is 32.4 Å². The maximum Gasteiger partial charge on any atom is 0.148 e. The second kappa shape index (κ2) is 7.22. The van der Waals surface area contributed by atoms with E-state index in [-0.39, 0.29) is 17.9 Å². The molecule has 0 spiro atoms. The molecular weight excluding hydrogens is 301 g/mol. The van der Waals surface area contributed by atoms with Gasteiger partial charge in [-0.05, 0) is 51.6 Å². The first-order chi connectivity index (χ1) is 11.6. The quantitative estimate of drug-likeness (QED) is 0.852. The molecule has 1 aliphatic rings. The van der Waals surface area contributed by atoms with Crippen LogP contribution in [0, 0.1) is 12.5 Å². The highest BCUT2D eigenvalue weighted by molar-refractivity contribution is 5.80. The highest BCUT2D eigenvalue weighted by atomic mass is 19.1. The Morgan fingerprint density at radius 3 is 2.42 bits per heavy atom. The van der Waals surface area contributed by atoms with Crippen molar-refractivity contribution in [2.75, 3.05) is 23.4 Å². The molecule has 127 valence electrons. The summed E-state index contributed by atoms with van der Waals surface area (Å²) >= 11 is 0. The van der Waals surface area contributed by atoms with E-state index < -0.39 is 0 Å². The smallest absolute Gasteiger partial charge is 0.148 e. The van der Waals surface area contributed by atoms with Crippen molar-refractivity contribution < 1.29 is 4.39 Å². The van der Waals surface area contributed by atoms with Gasteiger partial charge in [0, 0.05) is 6.04 Å². The van der Waals surface area contributed by atoms with E-state index in [2.05, 4.69) is 47.8 Å². The molecule has 1 atom stereocenters. The third kappa shape index (κ3) is 3.11. The first kappa shape index (κ1) is 16.8. The maximum absolute atomic E-state index is 14.7. The van der Waals surface area contributed by atoms with E-state index in [9.17, 15) is 4.39 Å². The van der Waals surface area contributed by atoms with E-state index in [1.54, 1.807) is 12.1 Å². The van der Waals surface area contributed by atoms with Crippen molar-refractivity contribution >= 4 is 11.4 Å². The third-order valence-electron chi connectivity index (χ3n) is 4.49. The lowest BCUT2D eigenvalue weighted by atomic mass is 10.0. The molecule has 0 unspecified atom stereocenters. The third-order valence-corrected chi connectivity index (χ3v) is 4.49. The van der Waals surface area contributed by atoms with Crippen molar-refractivity contribution in [3.05, 3.63) is 66.6 Å². The van der Waals surface area contributed by atoms with Crippen LogP contribution in [0.3, 0.4) is 0 Å². The summed E-state index contributed by atoms with van der Waals surface area (Å²) in [6.45, 7) is 7.18. The maximum atomic E-state index is 14.7. The van der Waals surface area contributed by atoms with Gasteiger partial charge in [-0.1, -0.05) is 36.4 Å². The van der Waals surface area contributed by atoms with Crippen molar-refractivity contribution in [3.8, 4) is 0 Å². The normalized spacial score (nSPS) is 15.0. The predicted molar refractivity (Wildman–Crippen MR) is 98.5 cm³/mol. The lowest BCUT2D eigenvalue weighted by Crippen LogP contribution is -2.33. The SMILES string of the molecule is CNCC[C@H](c1ccccc1)N1[CH]N(C(C)C)c2cccc(F)c21. The molecular formula is C20H25FN3. The second-order valence-corrected chi connectivity index (χ2v) is 6.45. The van der Waals surface area contributed by atoms with Crippen LogP contribution < -0.4 is 15.1 Å². The van der Waals surface area contributed by atoms with Crippen LogP contribution >= 0.6 is 0 Å². The Labute approximate surface area is 144 Å². The van der Waals surface area contributed by atoms with Crippen molar-refractivity contribution in [3.63, 3.8) is 0 Å². The molecule has 1 heterocycles. The Hall–Kier alpha value is -2.07. The molecule has 1 N–H and O–H groups in total. The van der Waals surface area contributed by atoms with Gasteiger partial charge < -0.3 is 15.1 Å². The number of nitrogens with one attached hydrogen (secondary N) is 1. The van der Waals surface area contributed by atoms with Gasteiger partial charge in [0.2, 0.25) is 0 Å². The summed E-state index contributed by atoms with van der Waals surface area (Å²) < 4.78 is 14.7. The summed E-state index contributed by atoms with van der Waals surface area (Å²) in [7, 11) is 1.95. The van der Waals surface area contributed by atoms with Gasteiger partial charge in [-0.25, -0.2) is 4.39 Å². The second-order valence-electron chi connectivity index (χ2n) is 6.45. The minimum atomic E-state index is -0.169. The van der Waals surface area contributed by atoms with Gasteiger partial charge >= 0.3 is 0 Å². The lowest BCUT2D eigenvalue weighted by molar-refractivity contribution is 0.565. The summed E-state index contributed by atoms with van der Waals surface area (Å²) in [6, 6.07) is 16.0. The van der Waals surface area contributed by atoms with Crippen molar-refractivity contribution in [2.24, 2.45) is 0 Å². The van der Waals surface area contributed by atoms with E-state index in [4.69, 9.17) is 0 Å². The number of hydrogen-bond acceptors (Lipinski definition) is 3. The molecule has 0 amide bonds. The van der Waals surface area contributed by atoms with E-state index in [0.29, 0.717) is 5.69 Å². The van der Waals surface area contributed by atoms with E-state index in [1.807, 2.05) is 31.3 Å². The number of fused-ring (bicyclic) bond motifs is 1. The minimum absolute atomic E-state index is 0.0954. The van der Waals surface area contributed by atoms with Crippen LogP contribution in [0.1, 0.15) is 31.9 Å². The summed E-state index contributed by atoms with van der Waals surface area (Å²) in [6.07, 6.45) is 0.900. The highest BCUT2D eigenvalue weighted by Crippen LogP contribution is 2.46. The zero-order valence-corrected chi connectivity index (χ0v) is 14.5. The summed E-state index contributed by atoms with van der Waals surface area (Å²) in [5.41, 5.74) is 2.82. The van der Waals surface area contributed by atoms with E-state index >= 15 is 0 Å². The van der Waals surface area contributed by atoms with Gasteiger partial charge in [0.25, 0.3) is 0 Å². The number of hydrogen-bond donors (Lipinski definition) is 1. The Kier molecular flexibility index (Phi) is 5.05. The molecule has 0 fully saturated rings. The number of rotatable bonds is 6. The molecule has 0 saturated heterocycles. The Morgan fingerprint density at radius 1 is 1.00 bits per heavy atom. The minimum Gasteiger partial charge on any atom is -0.344 e. The average molecular weight is 326 g/mol. The fourth-order valence-corrected chi connectivity index (χ4v) is 3.29. The molecule has 3 nitrogen and oxygen atoms in total. The average Bonchev–Trinajstić information content (AvgIpc) is 2.97. The standard InChI is InChI=1S/C20H25FN3/c1-15(2)23-14-24(20-17(21)10-7-11-19(20)23)18(12-13-22-3)16-8-5-4-6-9-16/h4-11,14-15,18,22H,12-13H2,1-3H3/t18-/m1/s1. The molecule has 2 aromatic carbocycles. The summed E-state index contributed by atoms with van der Waals surface area (Å²) in [5, 5.41) is 3.22. The van der Waals surface area contributed by atoms with Crippen LogP contribution in [-0.4, -0.2) is 19.6 Å². The molecule has 24 heavy (non-hydrogen) atoms. The number of nitrogens with zero attached hydrogens (tertiary/aromatic N) is 2. The monoisotopic (exact) mass is 326 g/mol.